The zero-order valence-corrected chi connectivity index (χ0v) is 59.2. The van der Waals surface area contributed by atoms with Crippen LogP contribution < -0.4 is 15.1 Å². The van der Waals surface area contributed by atoms with E-state index in [-0.39, 0.29) is 84.5 Å². The van der Waals surface area contributed by atoms with E-state index in [2.05, 4.69) is 0 Å². The van der Waals surface area contributed by atoms with E-state index in [0.717, 1.165) is 18.9 Å². The molecule has 28 heteroatoms. The number of phenols is 1. The van der Waals surface area contributed by atoms with Crippen LogP contribution in [0.3, 0.4) is 0 Å². The van der Waals surface area contributed by atoms with Crippen LogP contribution in [0.4, 0.5) is 10.1 Å². The van der Waals surface area contributed by atoms with Crippen molar-refractivity contribution in [3.8, 4) is 11.5 Å². The molecule has 1 aliphatic carbocycles. The molecular weight excluding hydrogens is 1340 g/mol. The zero-order valence-electron chi connectivity index (χ0n) is 57.6. The predicted octanol–water partition coefficient (Wildman–Crippen LogP) is 7.74. The Morgan fingerprint density at radius 3 is 2.19 bits per heavy atom. The van der Waals surface area contributed by atoms with Gasteiger partial charge >= 0.3 is 23.9 Å². The fraction of sp³-hybridized carbons (Fsp3) is 0.577. The molecule has 25 nitrogen and oxygen atoms in total. The zero-order chi connectivity index (χ0) is 72.8. The minimum Gasteiger partial charge on any atom is -0.505 e. The maximum absolute atomic E-state index is 15.7. The van der Waals surface area contributed by atoms with E-state index < -0.39 is 173 Å². The molecule has 5 heterocycles. The number of benzene rings is 2. The van der Waals surface area contributed by atoms with E-state index in [0.29, 0.717) is 28.7 Å². The number of carboxylic acids is 1. The molecule has 3 saturated heterocycles. The lowest BCUT2D eigenvalue weighted by Crippen LogP contribution is -2.64. The van der Waals surface area contributed by atoms with Gasteiger partial charge in [0.2, 0.25) is 5.43 Å². The first-order valence-corrected chi connectivity index (χ1v) is 34.0. The van der Waals surface area contributed by atoms with E-state index in [1.807, 2.05) is 26.0 Å². The number of aromatic hydroxyl groups is 1. The van der Waals surface area contributed by atoms with Gasteiger partial charge in [0.15, 0.2) is 42.9 Å². The summed E-state index contributed by atoms with van der Waals surface area (Å²) in [4.78, 5) is 82.7. The predicted molar refractivity (Wildman–Crippen MR) is 361 cm³/mol. The number of anilines is 1. The molecule has 14 atom stereocenters. The second kappa shape index (κ2) is 33.3. The smallest absolute Gasteiger partial charge is 0.342 e. The summed E-state index contributed by atoms with van der Waals surface area (Å²) in [6.07, 6.45) is -3.60. The molecular formula is C71H92Cl2FN3O22. The van der Waals surface area contributed by atoms with Crippen molar-refractivity contribution < 1.29 is 107 Å². The van der Waals surface area contributed by atoms with Gasteiger partial charge in [0.05, 0.1) is 58.7 Å². The van der Waals surface area contributed by atoms with Gasteiger partial charge in [-0.05, 0) is 115 Å². The number of fused-ring (bicyclic) bond motifs is 1. The molecule has 1 aromatic heterocycles. The number of piperazine rings is 1. The Morgan fingerprint density at radius 1 is 0.889 bits per heavy atom. The van der Waals surface area contributed by atoms with Crippen LogP contribution in [-0.2, 0) is 58.7 Å². The Morgan fingerprint density at radius 2 is 1.58 bits per heavy atom. The normalized spacial score (nSPS) is 30.2. The number of allylic oxidation sites excluding steroid dienone is 4. The van der Waals surface area contributed by atoms with E-state index >= 15 is 4.39 Å². The third-order valence-corrected chi connectivity index (χ3v) is 19.3. The molecule has 1 saturated carbocycles. The van der Waals surface area contributed by atoms with Crippen molar-refractivity contribution in [1.82, 2.24) is 9.47 Å². The number of esters is 3. The molecule has 7 N–H and O–H groups in total. The van der Waals surface area contributed by atoms with Crippen LogP contribution in [0.2, 0.25) is 10.0 Å². The van der Waals surface area contributed by atoms with Gasteiger partial charge in [0.1, 0.15) is 58.1 Å². The number of carbonyl (C=O) groups is 5. The average molecular weight is 1430 g/mol. The molecule has 0 unspecified atom stereocenters. The number of aliphatic hydroxyl groups excluding tert-OH is 5. The van der Waals surface area contributed by atoms with Gasteiger partial charge in [-0.3, -0.25) is 14.4 Å². The van der Waals surface area contributed by atoms with E-state index in [1.165, 1.54) is 50.3 Å². The molecule has 5 aliphatic rings. The first kappa shape index (κ1) is 77.9. The summed E-state index contributed by atoms with van der Waals surface area (Å²) >= 11 is 13.5. The van der Waals surface area contributed by atoms with Crippen molar-refractivity contribution in [2.75, 3.05) is 51.4 Å². The number of cyclic esters (lactones) is 1. The number of phenolic OH excluding ortho intramolecular Hbond substituents is 1. The molecule has 8 rings (SSSR count). The molecule has 3 aromatic rings. The Bertz CT molecular complexity index is 3700. The average Bonchev–Trinajstić information content (AvgIpc) is 1.74. The van der Waals surface area contributed by atoms with Gasteiger partial charge in [0.25, 0.3) is 5.91 Å². The van der Waals surface area contributed by atoms with E-state index in [1.54, 1.807) is 70.1 Å². The van der Waals surface area contributed by atoms with Crippen LogP contribution in [0.1, 0.15) is 141 Å². The number of aromatic carboxylic acids is 1. The van der Waals surface area contributed by atoms with Crippen molar-refractivity contribution in [3.63, 3.8) is 0 Å². The molecule has 99 heavy (non-hydrogen) atoms. The van der Waals surface area contributed by atoms with Crippen molar-refractivity contribution in [1.29, 1.82) is 0 Å². The molecule has 2 aromatic carbocycles. The maximum Gasteiger partial charge on any atom is 0.342 e. The molecule has 0 radical (unpaired) electrons. The standard InChI is InChI=1S/C71H92Cl2FN3O22/c1-13-40-28-36(6)49(79)18-16-15-17-41(67(89)95-50(38(8)78)22-19-35(5)27-37(7)60(40)97-69-58(84)57(83)64(71(10,11)99-69)98-66(88)34(3)4)32-93-70-63(91-12)59(85)61(39(9)94-70)96-68(90)52-43(14-2)53(72)62(54(73)56(52)82)92-33-51(80)76-25-23-75(24-26-76)48-30-47-44(29-46(48)74)55(81)45(65(86)87)31-77(47)42-20-21-42/h15-17,19,27-31,34,38-40,42,49-50,57-61,63-64,69-70,78-79,82-85H,13-14,18,20-26,32-33H2,1-12H3,(H,86,87)/b16-15+,35-19+,36-28+,37-27+,41-17+/t38-,39+,40+,49+,50+,57-,58+,59-,60+,61+,63-,64+,69-,70+/m1/s1. The third kappa shape index (κ3) is 17.9. The molecule has 544 valence electrons. The summed E-state index contributed by atoms with van der Waals surface area (Å²) < 4.78 is 71.4. The Balaban J connectivity index is 0.919. The third-order valence-electron chi connectivity index (χ3n) is 18.6. The Kier molecular flexibility index (Phi) is 26.2. The fourth-order valence-corrected chi connectivity index (χ4v) is 13.2. The summed E-state index contributed by atoms with van der Waals surface area (Å²) in [5, 5.41) is 77.5. The maximum atomic E-state index is 15.7. The number of ether oxygens (including phenoxy) is 9. The summed E-state index contributed by atoms with van der Waals surface area (Å²) in [6.45, 7) is 17.9. The second-order valence-electron chi connectivity index (χ2n) is 26.6. The fourth-order valence-electron chi connectivity index (χ4n) is 12.5. The molecule has 1 amide bonds. The summed E-state index contributed by atoms with van der Waals surface area (Å²) in [5.74, 6) is -7.33. The number of pyridine rings is 1. The number of carboxylic acid groups (broad SMARTS) is 1. The van der Waals surface area contributed by atoms with Gasteiger partial charge in [-0.2, -0.15) is 0 Å². The highest BCUT2D eigenvalue weighted by Gasteiger charge is 2.53. The lowest BCUT2D eigenvalue weighted by molar-refractivity contribution is -0.333. The summed E-state index contributed by atoms with van der Waals surface area (Å²) in [7, 11) is 1.24. The van der Waals surface area contributed by atoms with Gasteiger partial charge in [0, 0.05) is 63.3 Å². The van der Waals surface area contributed by atoms with Crippen LogP contribution in [0.25, 0.3) is 10.9 Å². The van der Waals surface area contributed by atoms with Crippen LogP contribution in [0.15, 0.2) is 81.9 Å². The summed E-state index contributed by atoms with van der Waals surface area (Å²) in [5.41, 5.74) is -0.571. The first-order valence-electron chi connectivity index (χ1n) is 33.3. The highest BCUT2D eigenvalue weighted by molar-refractivity contribution is 6.39. The molecule has 0 bridgehead atoms. The molecule has 4 fully saturated rings. The molecule has 4 aliphatic heterocycles. The first-order chi connectivity index (χ1) is 46.7. The highest BCUT2D eigenvalue weighted by Crippen LogP contribution is 2.47. The topological polar surface area (TPSA) is 339 Å². The SMILES string of the molecule is CCc1c(Cl)c(OCC(=O)N2CCN(c3cc4c(cc3F)c(=O)c(C(=O)O)cn4C3CC3)CC2)c(Cl)c(O)c1C(=O)O[C@@H]1[C@@H](O)[C@@H](OC)[C@@H](OC/C2=C\C=C\C[C@H](O)/C(C)=C/[C@H](CC)[C@@H](O[C@@H]3OC(C)(C)[C@@H](OC(=O)C(C)C)[C@H](O)[C@@H]3O)/C(C)=C/C(C)=C/C[C@@H]([C@@H](C)O)OC2=O)O[C@H]1C. The van der Waals surface area contributed by atoms with E-state index in [4.69, 9.17) is 65.8 Å². The van der Waals surface area contributed by atoms with Crippen molar-refractivity contribution >= 4 is 69.6 Å². The summed E-state index contributed by atoms with van der Waals surface area (Å²) in [6, 6.07) is 2.56. The number of nitrogens with zero attached hydrogens (tertiary/aromatic N) is 3. The number of hydrogen-bond donors (Lipinski definition) is 7. The van der Waals surface area contributed by atoms with Crippen LogP contribution in [-0.4, -0.2) is 207 Å². The number of halogens is 3. The number of hydrogen-bond acceptors (Lipinski definition) is 22. The van der Waals surface area contributed by atoms with Crippen LogP contribution >= 0.6 is 23.2 Å². The van der Waals surface area contributed by atoms with Gasteiger partial charge in [-0.1, -0.05) is 86.9 Å². The number of aliphatic hydroxyl groups is 5. The number of carbonyl (C=O) groups excluding carboxylic acids is 4. The van der Waals surface area contributed by atoms with Gasteiger partial charge in [-0.25, -0.2) is 18.8 Å². The highest BCUT2D eigenvalue weighted by atomic mass is 35.5. The Hall–Kier alpha value is -6.79. The lowest BCUT2D eigenvalue weighted by Gasteiger charge is -2.47. The monoisotopic (exact) mass is 1430 g/mol. The minimum absolute atomic E-state index is 0.00471. The number of aromatic nitrogens is 1. The minimum atomic E-state index is -1.67. The van der Waals surface area contributed by atoms with Crippen LogP contribution in [0, 0.1) is 17.7 Å². The van der Waals surface area contributed by atoms with Crippen molar-refractivity contribution in [2.45, 2.75) is 206 Å². The van der Waals surface area contributed by atoms with Crippen molar-refractivity contribution in [2.24, 2.45) is 11.8 Å². The largest absolute Gasteiger partial charge is 0.505 e. The quantitative estimate of drug-likeness (QED) is 0.0342. The van der Waals surface area contributed by atoms with Gasteiger partial charge in [-0.15, -0.1) is 0 Å². The van der Waals surface area contributed by atoms with Crippen LogP contribution in [0.5, 0.6) is 11.5 Å². The van der Waals surface area contributed by atoms with E-state index in [9.17, 15) is 64.5 Å². The molecule has 0 spiro atoms. The van der Waals surface area contributed by atoms with Gasteiger partial charge < -0.3 is 92.7 Å². The Labute approximate surface area is 583 Å². The second-order valence-corrected chi connectivity index (χ2v) is 27.4. The number of methoxy groups -OCH3 is 1. The number of amides is 1. The lowest BCUT2D eigenvalue weighted by atomic mass is 9.88. The van der Waals surface area contributed by atoms with Crippen molar-refractivity contribution in [3.05, 3.63) is 120 Å². The number of rotatable bonds is 19.